The summed E-state index contributed by atoms with van der Waals surface area (Å²) < 4.78 is 0.917. The van der Waals surface area contributed by atoms with E-state index < -0.39 is 0 Å². The van der Waals surface area contributed by atoms with Crippen molar-refractivity contribution in [1.29, 1.82) is 0 Å². The minimum atomic E-state index is 0.0191. The summed E-state index contributed by atoms with van der Waals surface area (Å²) in [6, 6.07) is 5.85. The van der Waals surface area contributed by atoms with E-state index in [1.165, 1.54) is 0 Å². The maximum atomic E-state index is 9.73. The molecule has 12 heavy (non-hydrogen) atoms. The fourth-order valence-electron chi connectivity index (χ4n) is 1.12. The molecule has 0 amide bonds. The number of rotatable bonds is 0. The zero-order valence-corrected chi connectivity index (χ0v) is 9.71. The molecule has 0 aliphatic rings. The summed E-state index contributed by atoms with van der Waals surface area (Å²) in [7, 11) is 0. The minimum Gasteiger partial charge on any atom is -0.507 e. The second kappa shape index (κ2) is 3.24. The zero-order valence-electron chi connectivity index (χ0n) is 7.56. The first kappa shape index (κ1) is 9.84. The Balaban J connectivity index is 3.26. The maximum Gasteiger partial charge on any atom is 0.132 e. The minimum absolute atomic E-state index is 0.0191. The van der Waals surface area contributed by atoms with E-state index in [1.54, 1.807) is 0 Å². The summed E-state index contributed by atoms with van der Waals surface area (Å²) in [5.41, 5.74) is 1.03. The van der Waals surface area contributed by atoms with Gasteiger partial charge in [-0.25, -0.2) is 0 Å². The van der Waals surface area contributed by atoms with Gasteiger partial charge in [-0.1, -0.05) is 32.9 Å². The Morgan fingerprint density at radius 3 is 2.25 bits per heavy atom. The Bertz CT molecular complexity index is 286. The summed E-state index contributed by atoms with van der Waals surface area (Å²) in [6.45, 7) is 6.29. The van der Waals surface area contributed by atoms with Gasteiger partial charge in [0.1, 0.15) is 5.75 Å². The van der Waals surface area contributed by atoms with Crippen molar-refractivity contribution in [3.05, 3.63) is 27.3 Å². The van der Waals surface area contributed by atoms with Gasteiger partial charge in [0.05, 0.1) is 3.57 Å². The first-order chi connectivity index (χ1) is 5.43. The number of hydrogen-bond donors (Lipinski definition) is 1. The van der Waals surface area contributed by atoms with Crippen molar-refractivity contribution in [2.75, 3.05) is 0 Å². The fourth-order valence-corrected chi connectivity index (χ4v) is 1.62. The third kappa shape index (κ3) is 1.91. The van der Waals surface area contributed by atoms with Crippen LogP contribution in [-0.4, -0.2) is 5.11 Å². The molecule has 0 heterocycles. The monoisotopic (exact) mass is 276 g/mol. The van der Waals surface area contributed by atoms with Gasteiger partial charge >= 0.3 is 0 Å². The van der Waals surface area contributed by atoms with Gasteiger partial charge in [-0.2, -0.15) is 0 Å². The van der Waals surface area contributed by atoms with Crippen molar-refractivity contribution >= 4 is 22.6 Å². The summed E-state index contributed by atoms with van der Waals surface area (Å²) in [4.78, 5) is 0. The molecule has 1 nitrogen and oxygen atoms in total. The lowest BCUT2D eigenvalue weighted by molar-refractivity contribution is 0.443. The Kier molecular flexibility index (Phi) is 2.66. The molecule has 0 unspecified atom stereocenters. The van der Waals surface area contributed by atoms with E-state index in [1.807, 2.05) is 18.2 Å². The van der Waals surface area contributed by atoms with Crippen molar-refractivity contribution in [3.8, 4) is 5.75 Å². The molecule has 0 aliphatic carbocycles. The molecule has 0 fully saturated rings. The first-order valence-electron chi connectivity index (χ1n) is 3.91. The molecule has 1 rings (SSSR count). The Hall–Kier alpha value is -0.250. The molecule has 0 saturated heterocycles. The van der Waals surface area contributed by atoms with Gasteiger partial charge in [0.2, 0.25) is 0 Å². The second-order valence-corrected chi connectivity index (χ2v) is 5.05. The van der Waals surface area contributed by atoms with E-state index in [0.717, 1.165) is 9.13 Å². The summed E-state index contributed by atoms with van der Waals surface area (Å²) in [5, 5.41) is 9.73. The number of phenols is 1. The average molecular weight is 276 g/mol. The molecule has 0 bridgehead atoms. The van der Waals surface area contributed by atoms with Gasteiger partial charge in [0.15, 0.2) is 0 Å². The van der Waals surface area contributed by atoms with Gasteiger partial charge in [-0.15, -0.1) is 0 Å². The molecule has 1 aromatic rings. The molecule has 0 saturated carbocycles. The van der Waals surface area contributed by atoms with E-state index in [-0.39, 0.29) is 5.41 Å². The van der Waals surface area contributed by atoms with Crippen molar-refractivity contribution in [3.63, 3.8) is 0 Å². The van der Waals surface area contributed by atoms with Crippen LogP contribution in [0, 0.1) is 3.57 Å². The smallest absolute Gasteiger partial charge is 0.132 e. The summed E-state index contributed by atoms with van der Waals surface area (Å²) in [5.74, 6) is 0.422. The predicted molar refractivity (Wildman–Crippen MR) is 59.5 cm³/mol. The first-order valence-corrected chi connectivity index (χ1v) is 4.99. The van der Waals surface area contributed by atoms with Crippen LogP contribution in [0.3, 0.4) is 0 Å². The van der Waals surface area contributed by atoms with Crippen LogP contribution in [0.5, 0.6) is 5.75 Å². The number of phenolic OH excluding ortho intramolecular Hbond substituents is 1. The van der Waals surface area contributed by atoms with Crippen molar-refractivity contribution < 1.29 is 5.11 Å². The predicted octanol–water partition coefficient (Wildman–Crippen LogP) is 3.29. The average Bonchev–Trinajstić information content (AvgIpc) is 1.92. The molecular formula is C10H13IO. The second-order valence-electron chi connectivity index (χ2n) is 3.89. The van der Waals surface area contributed by atoms with E-state index >= 15 is 0 Å². The molecule has 0 aromatic heterocycles. The number of halogens is 1. The van der Waals surface area contributed by atoms with Crippen LogP contribution >= 0.6 is 22.6 Å². The molecule has 0 atom stereocenters. The highest BCUT2D eigenvalue weighted by atomic mass is 127. The Labute approximate surface area is 86.9 Å². The third-order valence-corrected chi connectivity index (χ3v) is 2.67. The number of aromatic hydroxyl groups is 1. The molecule has 2 heteroatoms. The lowest BCUT2D eigenvalue weighted by Crippen LogP contribution is -2.11. The van der Waals surface area contributed by atoms with Crippen LogP contribution in [0.2, 0.25) is 0 Å². The molecule has 1 N–H and O–H groups in total. The maximum absolute atomic E-state index is 9.73. The lowest BCUT2D eigenvalue weighted by Gasteiger charge is -2.20. The standard InChI is InChI=1S/C10H13IO/c1-10(2,3)7-5-4-6-8(11)9(7)12/h4-6,12H,1-3H3. The van der Waals surface area contributed by atoms with E-state index in [9.17, 15) is 5.11 Å². The Morgan fingerprint density at radius 2 is 1.83 bits per heavy atom. The molecule has 0 radical (unpaired) electrons. The van der Waals surface area contributed by atoms with Crippen LogP contribution < -0.4 is 0 Å². The fraction of sp³-hybridized carbons (Fsp3) is 0.400. The Morgan fingerprint density at radius 1 is 1.25 bits per heavy atom. The zero-order chi connectivity index (χ0) is 9.35. The van der Waals surface area contributed by atoms with E-state index in [0.29, 0.717) is 5.75 Å². The van der Waals surface area contributed by atoms with Crippen LogP contribution in [0.15, 0.2) is 18.2 Å². The van der Waals surface area contributed by atoms with Crippen LogP contribution in [0.25, 0.3) is 0 Å². The highest BCUT2D eigenvalue weighted by molar-refractivity contribution is 14.1. The van der Waals surface area contributed by atoms with Gasteiger partial charge in [-0.05, 0) is 34.1 Å². The van der Waals surface area contributed by atoms with Crippen molar-refractivity contribution in [1.82, 2.24) is 0 Å². The molecule has 0 aliphatic heterocycles. The van der Waals surface area contributed by atoms with E-state index in [2.05, 4.69) is 43.4 Å². The summed E-state index contributed by atoms with van der Waals surface area (Å²) in [6.07, 6.45) is 0. The van der Waals surface area contributed by atoms with Gasteiger partial charge in [0, 0.05) is 5.56 Å². The van der Waals surface area contributed by atoms with Crippen LogP contribution in [0.4, 0.5) is 0 Å². The molecule has 1 aromatic carbocycles. The van der Waals surface area contributed by atoms with Crippen LogP contribution in [-0.2, 0) is 5.41 Å². The normalized spacial score (nSPS) is 11.7. The molecule has 66 valence electrons. The van der Waals surface area contributed by atoms with Crippen LogP contribution in [0.1, 0.15) is 26.3 Å². The highest BCUT2D eigenvalue weighted by Crippen LogP contribution is 2.33. The SMILES string of the molecule is CC(C)(C)c1cccc(I)c1O. The summed E-state index contributed by atoms with van der Waals surface area (Å²) >= 11 is 2.14. The largest absolute Gasteiger partial charge is 0.507 e. The van der Waals surface area contributed by atoms with Crippen molar-refractivity contribution in [2.24, 2.45) is 0 Å². The van der Waals surface area contributed by atoms with E-state index in [4.69, 9.17) is 0 Å². The number of para-hydroxylation sites is 1. The molecule has 0 spiro atoms. The van der Waals surface area contributed by atoms with Gasteiger partial charge < -0.3 is 5.11 Å². The van der Waals surface area contributed by atoms with Crippen molar-refractivity contribution in [2.45, 2.75) is 26.2 Å². The number of hydrogen-bond acceptors (Lipinski definition) is 1. The topological polar surface area (TPSA) is 20.2 Å². The van der Waals surface area contributed by atoms with Gasteiger partial charge in [-0.3, -0.25) is 0 Å². The highest BCUT2D eigenvalue weighted by Gasteiger charge is 2.18. The molecular weight excluding hydrogens is 263 g/mol. The quantitative estimate of drug-likeness (QED) is 0.721. The number of benzene rings is 1. The van der Waals surface area contributed by atoms with Gasteiger partial charge in [0.25, 0.3) is 0 Å². The third-order valence-electron chi connectivity index (χ3n) is 1.79. The lowest BCUT2D eigenvalue weighted by atomic mass is 9.86.